The van der Waals surface area contributed by atoms with E-state index in [9.17, 15) is 18.0 Å². The van der Waals surface area contributed by atoms with Crippen molar-refractivity contribution in [3.63, 3.8) is 0 Å². The van der Waals surface area contributed by atoms with Crippen LogP contribution in [0.5, 0.6) is 5.75 Å². The number of carbonyl (C=O) groups excluding carboxylic acids is 1. The number of carboxylic acids is 1. The van der Waals surface area contributed by atoms with Crippen molar-refractivity contribution in [1.82, 2.24) is 4.90 Å². The fraction of sp³-hybridized carbons (Fsp3) is 0.529. The molecule has 1 aromatic carbocycles. The van der Waals surface area contributed by atoms with Gasteiger partial charge in [-0.2, -0.15) is 0 Å². The average molecular weight is 371 g/mol. The Balaban J connectivity index is 2.43. The zero-order valence-corrected chi connectivity index (χ0v) is 15.6. The van der Waals surface area contributed by atoms with Gasteiger partial charge >= 0.3 is 5.97 Å². The molecule has 1 N–H and O–H groups in total. The Labute approximate surface area is 148 Å². The standard InChI is InChI=1S/C17H25NO6S/c1-13(2)18(11-10-17(20)21)16(19)5-4-12-24-14-6-8-15(9-7-14)25(3,22)23/h6-9,13H,4-5,10-12H2,1-3H3,(H,20,21). The minimum atomic E-state index is -3.23. The second kappa shape index (κ2) is 9.41. The number of hydrogen-bond donors (Lipinski definition) is 1. The lowest BCUT2D eigenvalue weighted by Gasteiger charge is -2.26. The van der Waals surface area contributed by atoms with Crippen molar-refractivity contribution < 1.29 is 27.9 Å². The first-order valence-electron chi connectivity index (χ1n) is 8.05. The molecule has 0 aliphatic carbocycles. The Hall–Kier alpha value is -2.09. The van der Waals surface area contributed by atoms with E-state index in [0.717, 1.165) is 6.26 Å². The third-order valence-corrected chi connectivity index (χ3v) is 4.69. The molecule has 8 heteroatoms. The molecule has 0 atom stereocenters. The van der Waals surface area contributed by atoms with E-state index >= 15 is 0 Å². The number of hydrogen-bond acceptors (Lipinski definition) is 5. The summed E-state index contributed by atoms with van der Waals surface area (Å²) in [5.74, 6) is -0.502. The van der Waals surface area contributed by atoms with E-state index in [4.69, 9.17) is 9.84 Å². The summed E-state index contributed by atoms with van der Waals surface area (Å²) in [6.07, 6.45) is 1.81. The fourth-order valence-electron chi connectivity index (χ4n) is 2.23. The highest BCUT2D eigenvalue weighted by atomic mass is 32.2. The maximum Gasteiger partial charge on any atom is 0.305 e. The van der Waals surface area contributed by atoms with Crippen LogP contribution in [0.25, 0.3) is 0 Å². The summed E-state index contributed by atoms with van der Waals surface area (Å²) >= 11 is 0. The third-order valence-electron chi connectivity index (χ3n) is 3.57. The summed E-state index contributed by atoms with van der Waals surface area (Å²) in [5.41, 5.74) is 0. The molecule has 0 unspecified atom stereocenters. The number of ether oxygens (including phenoxy) is 1. The zero-order valence-electron chi connectivity index (χ0n) is 14.8. The van der Waals surface area contributed by atoms with Crippen molar-refractivity contribution in [1.29, 1.82) is 0 Å². The first kappa shape index (κ1) is 21.0. The van der Waals surface area contributed by atoms with Crippen molar-refractivity contribution >= 4 is 21.7 Å². The molecule has 1 amide bonds. The van der Waals surface area contributed by atoms with Crippen molar-refractivity contribution in [2.24, 2.45) is 0 Å². The minimum Gasteiger partial charge on any atom is -0.494 e. The van der Waals surface area contributed by atoms with Gasteiger partial charge in [0.15, 0.2) is 9.84 Å². The molecule has 1 rings (SSSR count). The van der Waals surface area contributed by atoms with Gasteiger partial charge in [-0.05, 0) is 44.5 Å². The lowest BCUT2D eigenvalue weighted by Crippen LogP contribution is -2.38. The van der Waals surface area contributed by atoms with Gasteiger partial charge in [0, 0.05) is 25.3 Å². The van der Waals surface area contributed by atoms with Crippen LogP contribution < -0.4 is 4.74 Å². The third kappa shape index (κ3) is 7.55. The largest absolute Gasteiger partial charge is 0.494 e. The SMILES string of the molecule is CC(C)N(CCC(=O)O)C(=O)CCCOc1ccc(S(C)(=O)=O)cc1. The van der Waals surface area contributed by atoms with E-state index in [2.05, 4.69) is 0 Å². The van der Waals surface area contributed by atoms with Gasteiger partial charge in [0.25, 0.3) is 0 Å². The summed E-state index contributed by atoms with van der Waals surface area (Å²) in [4.78, 5) is 24.6. The predicted molar refractivity (Wildman–Crippen MR) is 93.4 cm³/mol. The van der Waals surface area contributed by atoms with Crippen LogP contribution in [0.1, 0.15) is 33.1 Å². The fourth-order valence-corrected chi connectivity index (χ4v) is 2.86. The van der Waals surface area contributed by atoms with E-state index in [1.54, 1.807) is 17.0 Å². The Kier molecular flexibility index (Phi) is 7.89. The van der Waals surface area contributed by atoms with Gasteiger partial charge in [-0.1, -0.05) is 0 Å². The van der Waals surface area contributed by atoms with Crippen LogP contribution in [-0.4, -0.2) is 55.7 Å². The molecule has 0 heterocycles. The molecule has 140 valence electrons. The molecule has 7 nitrogen and oxygen atoms in total. The number of nitrogens with zero attached hydrogens (tertiary/aromatic N) is 1. The van der Waals surface area contributed by atoms with Gasteiger partial charge in [0.2, 0.25) is 5.91 Å². The van der Waals surface area contributed by atoms with Gasteiger partial charge in [-0.15, -0.1) is 0 Å². The molecule has 0 spiro atoms. The number of sulfone groups is 1. The Bertz CT molecular complexity index is 682. The molecule has 0 bridgehead atoms. The van der Waals surface area contributed by atoms with Crippen LogP contribution >= 0.6 is 0 Å². The summed E-state index contributed by atoms with van der Waals surface area (Å²) in [7, 11) is -3.23. The number of carboxylic acid groups (broad SMARTS) is 1. The van der Waals surface area contributed by atoms with Gasteiger partial charge < -0.3 is 14.7 Å². The maximum absolute atomic E-state index is 12.2. The number of amides is 1. The smallest absolute Gasteiger partial charge is 0.305 e. The molecule has 0 radical (unpaired) electrons. The highest BCUT2D eigenvalue weighted by Crippen LogP contribution is 2.16. The Morgan fingerprint density at radius 3 is 2.24 bits per heavy atom. The van der Waals surface area contributed by atoms with Crippen LogP contribution in [0.2, 0.25) is 0 Å². The summed E-state index contributed by atoms with van der Waals surface area (Å²) in [6.45, 7) is 4.20. The lowest BCUT2D eigenvalue weighted by atomic mass is 10.2. The van der Waals surface area contributed by atoms with Gasteiger partial charge in [0.05, 0.1) is 17.9 Å². The monoisotopic (exact) mass is 371 g/mol. The lowest BCUT2D eigenvalue weighted by molar-refractivity contribution is -0.139. The van der Waals surface area contributed by atoms with Crippen molar-refractivity contribution in [3.8, 4) is 5.75 Å². The van der Waals surface area contributed by atoms with Crippen LogP contribution in [0.15, 0.2) is 29.2 Å². The quantitative estimate of drug-likeness (QED) is 0.631. The predicted octanol–water partition coefficient (Wildman–Crippen LogP) is 1.96. The molecule has 0 fully saturated rings. The molecule has 0 saturated heterocycles. The number of benzene rings is 1. The zero-order chi connectivity index (χ0) is 19.0. The highest BCUT2D eigenvalue weighted by molar-refractivity contribution is 7.90. The molecular weight excluding hydrogens is 346 g/mol. The van der Waals surface area contributed by atoms with Crippen molar-refractivity contribution in [2.75, 3.05) is 19.4 Å². The van der Waals surface area contributed by atoms with Gasteiger partial charge in [-0.3, -0.25) is 9.59 Å². The molecule has 25 heavy (non-hydrogen) atoms. The van der Waals surface area contributed by atoms with E-state index < -0.39 is 15.8 Å². The first-order valence-corrected chi connectivity index (χ1v) is 9.94. The van der Waals surface area contributed by atoms with Crippen LogP contribution in [0.4, 0.5) is 0 Å². The second-order valence-electron chi connectivity index (χ2n) is 6.02. The first-order chi connectivity index (χ1) is 11.6. The van der Waals surface area contributed by atoms with Gasteiger partial charge in [-0.25, -0.2) is 8.42 Å². The van der Waals surface area contributed by atoms with Crippen molar-refractivity contribution in [2.45, 2.75) is 44.0 Å². The number of rotatable bonds is 10. The van der Waals surface area contributed by atoms with Crippen LogP contribution in [-0.2, 0) is 19.4 Å². The van der Waals surface area contributed by atoms with E-state index in [1.807, 2.05) is 13.8 Å². The van der Waals surface area contributed by atoms with Crippen LogP contribution in [0, 0.1) is 0 Å². The second-order valence-corrected chi connectivity index (χ2v) is 8.04. The highest BCUT2D eigenvalue weighted by Gasteiger charge is 2.17. The normalized spacial score (nSPS) is 11.4. The topological polar surface area (TPSA) is 101 Å². The van der Waals surface area contributed by atoms with E-state index in [-0.39, 0.29) is 36.2 Å². The van der Waals surface area contributed by atoms with Gasteiger partial charge in [0.1, 0.15) is 5.75 Å². The van der Waals surface area contributed by atoms with E-state index in [0.29, 0.717) is 18.8 Å². The summed E-state index contributed by atoms with van der Waals surface area (Å²) in [5, 5.41) is 8.74. The molecule has 0 aliphatic heterocycles. The number of aliphatic carboxylic acids is 1. The Morgan fingerprint density at radius 2 is 1.76 bits per heavy atom. The van der Waals surface area contributed by atoms with Crippen molar-refractivity contribution in [3.05, 3.63) is 24.3 Å². The Morgan fingerprint density at radius 1 is 1.16 bits per heavy atom. The molecule has 0 aliphatic rings. The maximum atomic E-state index is 12.2. The molecular formula is C17H25NO6S. The van der Waals surface area contributed by atoms with E-state index in [1.165, 1.54) is 12.1 Å². The molecule has 1 aromatic rings. The average Bonchev–Trinajstić information content (AvgIpc) is 2.50. The molecule has 0 saturated carbocycles. The summed E-state index contributed by atoms with van der Waals surface area (Å²) < 4.78 is 28.3. The molecule has 0 aromatic heterocycles. The number of carbonyl (C=O) groups is 2. The summed E-state index contributed by atoms with van der Waals surface area (Å²) in [6, 6.07) is 6.04. The van der Waals surface area contributed by atoms with Crippen LogP contribution in [0.3, 0.4) is 0 Å². The minimum absolute atomic E-state index is 0.0590.